The van der Waals surface area contributed by atoms with Crippen LogP contribution in [0.4, 0.5) is 5.69 Å². The summed E-state index contributed by atoms with van der Waals surface area (Å²) in [5.41, 5.74) is 0.567. The molecule has 108 valence electrons. The van der Waals surface area contributed by atoms with E-state index >= 15 is 0 Å². The quantitative estimate of drug-likeness (QED) is 0.927. The van der Waals surface area contributed by atoms with Gasteiger partial charge in [-0.05, 0) is 18.1 Å². The maximum atomic E-state index is 12.4. The molecule has 0 radical (unpaired) electrons. The normalized spacial score (nSPS) is 17.9. The first-order valence-electron chi connectivity index (χ1n) is 6.39. The van der Waals surface area contributed by atoms with E-state index in [1.165, 1.54) is 4.90 Å². The maximum absolute atomic E-state index is 12.4. The Morgan fingerprint density at radius 1 is 1.50 bits per heavy atom. The fourth-order valence-electron chi connectivity index (χ4n) is 2.12. The fraction of sp³-hybridized carbons (Fsp3) is 0.429. The summed E-state index contributed by atoms with van der Waals surface area (Å²) in [7, 11) is 0. The van der Waals surface area contributed by atoms with Crippen molar-refractivity contribution >= 4 is 29.2 Å². The summed E-state index contributed by atoms with van der Waals surface area (Å²) >= 11 is 5.94. The summed E-state index contributed by atoms with van der Waals surface area (Å²) in [6.45, 7) is 3.89. The second kappa shape index (κ2) is 5.71. The molecular formula is C14H16ClNO4. The zero-order chi connectivity index (χ0) is 14.9. The Morgan fingerprint density at radius 2 is 2.20 bits per heavy atom. The molecule has 20 heavy (non-hydrogen) atoms. The van der Waals surface area contributed by atoms with Crippen LogP contribution in [0.5, 0.6) is 5.75 Å². The van der Waals surface area contributed by atoms with Crippen LogP contribution in [-0.2, 0) is 9.59 Å². The third kappa shape index (κ3) is 2.88. The molecule has 0 fully saturated rings. The van der Waals surface area contributed by atoms with Crippen LogP contribution < -0.4 is 9.64 Å². The third-order valence-corrected chi connectivity index (χ3v) is 3.37. The number of hydrogen-bond donors (Lipinski definition) is 1. The smallest absolute Gasteiger partial charge is 0.305 e. The van der Waals surface area contributed by atoms with Gasteiger partial charge in [0.15, 0.2) is 6.10 Å². The van der Waals surface area contributed by atoms with Crippen LogP contribution in [0.1, 0.15) is 20.3 Å². The Kier molecular flexibility index (Phi) is 4.18. The fourth-order valence-corrected chi connectivity index (χ4v) is 2.29. The average molecular weight is 298 g/mol. The molecule has 1 aliphatic heterocycles. The SMILES string of the molecule is CC(C)C1Oc2cc(Cl)ccc2N(CCC(=O)O)C1=O. The lowest BCUT2D eigenvalue weighted by molar-refractivity contribution is -0.136. The first-order chi connectivity index (χ1) is 9.40. The molecule has 1 aromatic rings. The first kappa shape index (κ1) is 14.7. The second-order valence-corrected chi connectivity index (χ2v) is 5.46. The summed E-state index contributed by atoms with van der Waals surface area (Å²) < 4.78 is 5.70. The molecule has 1 heterocycles. The van der Waals surface area contributed by atoms with Gasteiger partial charge in [0.05, 0.1) is 12.1 Å². The Bertz CT molecular complexity index is 544. The van der Waals surface area contributed by atoms with Crippen LogP contribution in [0, 0.1) is 5.92 Å². The molecule has 1 N–H and O–H groups in total. The van der Waals surface area contributed by atoms with E-state index in [9.17, 15) is 9.59 Å². The van der Waals surface area contributed by atoms with Crippen molar-refractivity contribution in [3.63, 3.8) is 0 Å². The minimum absolute atomic E-state index is 0.0121. The number of carboxylic acid groups (broad SMARTS) is 1. The van der Waals surface area contributed by atoms with E-state index in [1.54, 1.807) is 18.2 Å². The molecule has 5 nitrogen and oxygen atoms in total. The molecule has 0 spiro atoms. The monoisotopic (exact) mass is 297 g/mol. The van der Waals surface area contributed by atoms with Crippen LogP contribution in [0.2, 0.25) is 5.02 Å². The number of hydrogen-bond acceptors (Lipinski definition) is 3. The van der Waals surface area contributed by atoms with Crippen molar-refractivity contribution in [3.05, 3.63) is 23.2 Å². The number of carbonyl (C=O) groups is 2. The van der Waals surface area contributed by atoms with Gasteiger partial charge in [-0.3, -0.25) is 9.59 Å². The van der Waals surface area contributed by atoms with Crippen molar-refractivity contribution in [2.45, 2.75) is 26.4 Å². The Labute approximate surface area is 122 Å². The van der Waals surface area contributed by atoms with Crippen LogP contribution >= 0.6 is 11.6 Å². The molecule has 0 aromatic heterocycles. The number of ether oxygens (including phenoxy) is 1. The number of benzene rings is 1. The lowest BCUT2D eigenvalue weighted by atomic mass is 10.0. The highest BCUT2D eigenvalue weighted by atomic mass is 35.5. The minimum Gasteiger partial charge on any atom is -0.481 e. The number of fused-ring (bicyclic) bond motifs is 1. The topological polar surface area (TPSA) is 66.8 Å². The molecule has 0 saturated heterocycles. The maximum Gasteiger partial charge on any atom is 0.305 e. The van der Waals surface area contributed by atoms with Crippen LogP contribution in [0.25, 0.3) is 0 Å². The molecule has 1 atom stereocenters. The van der Waals surface area contributed by atoms with E-state index in [-0.39, 0.29) is 24.8 Å². The van der Waals surface area contributed by atoms with Crippen LogP contribution in [0.15, 0.2) is 18.2 Å². The van der Waals surface area contributed by atoms with Crippen molar-refractivity contribution in [1.29, 1.82) is 0 Å². The zero-order valence-electron chi connectivity index (χ0n) is 11.3. The molecule has 2 rings (SSSR count). The molecule has 0 bridgehead atoms. The highest BCUT2D eigenvalue weighted by Gasteiger charge is 2.36. The van der Waals surface area contributed by atoms with Crippen molar-refractivity contribution < 1.29 is 19.4 Å². The molecule has 1 aromatic carbocycles. The Morgan fingerprint density at radius 3 is 2.80 bits per heavy atom. The van der Waals surface area contributed by atoms with Gasteiger partial charge in [0.1, 0.15) is 5.75 Å². The highest BCUT2D eigenvalue weighted by Crippen LogP contribution is 2.37. The Hall–Kier alpha value is -1.75. The molecule has 0 saturated carbocycles. The molecule has 1 amide bonds. The largest absolute Gasteiger partial charge is 0.481 e. The average Bonchev–Trinajstić information content (AvgIpc) is 2.36. The predicted molar refractivity (Wildman–Crippen MR) is 75.3 cm³/mol. The predicted octanol–water partition coefficient (Wildman–Crippen LogP) is 2.56. The van der Waals surface area contributed by atoms with E-state index in [2.05, 4.69) is 0 Å². The van der Waals surface area contributed by atoms with Crippen molar-refractivity contribution in [2.75, 3.05) is 11.4 Å². The van der Waals surface area contributed by atoms with Crippen molar-refractivity contribution in [1.82, 2.24) is 0 Å². The molecule has 1 unspecified atom stereocenters. The highest BCUT2D eigenvalue weighted by molar-refractivity contribution is 6.30. The molecule has 1 aliphatic rings. The van der Waals surface area contributed by atoms with Gasteiger partial charge in [-0.15, -0.1) is 0 Å². The molecule has 0 aliphatic carbocycles. The third-order valence-electron chi connectivity index (χ3n) is 3.13. The van der Waals surface area contributed by atoms with E-state index < -0.39 is 12.1 Å². The van der Waals surface area contributed by atoms with E-state index in [4.69, 9.17) is 21.4 Å². The lowest BCUT2D eigenvalue weighted by Gasteiger charge is -2.35. The number of carboxylic acids is 1. The number of nitrogens with zero attached hydrogens (tertiary/aromatic N) is 1. The van der Waals surface area contributed by atoms with Crippen molar-refractivity contribution in [3.8, 4) is 5.75 Å². The zero-order valence-corrected chi connectivity index (χ0v) is 12.1. The summed E-state index contributed by atoms with van der Waals surface area (Å²) in [6.07, 6.45) is -0.728. The van der Waals surface area contributed by atoms with Gasteiger partial charge in [0.2, 0.25) is 0 Å². The Balaban J connectivity index is 2.37. The van der Waals surface area contributed by atoms with Gasteiger partial charge in [-0.25, -0.2) is 0 Å². The number of halogens is 1. The van der Waals surface area contributed by atoms with Gasteiger partial charge in [-0.1, -0.05) is 25.4 Å². The van der Waals surface area contributed by atoms with E-state index in [1.807, 2.05) is 13.8 Å². The number of amides is 1. The number of rotatable bonds is 4. The van der Waals surface area contributed by atoms with Gasteiger partial charge in [0, 0.05) is 17.6 Å². The summed E-state index contributed by atoms with van der Waals surface area (Å²) in [4.78, 5) is 24.6. The van der Waals surface area contributed by atoms with Gasteiger partial charge >= 0.3 is 5.97 Å². The van der Waals surface area contributed by atoms with E-state index in [0.717, 1.165) is 0 Å². The summed E-state index contributed by atoms with van der Waals surface area (Å²) in [5.74, 6) is -0.653. The van der Waals surface area contributed by atoms with Gasteiger partial charge in [0.25, 0.3) is 5.91 Å². The summed E-state index contributed by atoms with van der Waals surface area (Å²) in [6, 6.07) is 4.97. The first-order valence-corrected chi connectivity index (χ1v) is 6.77. The van der Waals surface area contributed by atoms with Gasteiger partial charge in [-0.2, -0.15) is 0 Å². The van der Waals surface area contributed by atoms with E-state index in [0.29, 0.717) is 16.5 Å². The van der Waals surface area contributed by atoms with Crippen LogP contribution in [0.3, 0.4) is 0 Å². The molecular weight excluding hydrogens is 282 g/mol. The number of aliphatic carboxylic acids is 1. The minimum atomic E-state index is -0.944. The molecule has 6 heteroatoms. The second-order valence-electron chi connectivity index (χ2n) is 5.03. The van der Waals surface area contributed by atoms with Gasteiger partial charge < -0.3 is 14.7 Å². The standard InChI is InChI=1S/C14H16ClNO4/c1-8(2)13-14(19)16(6-5-12(17)18)10-4-3-9(15)7-11(10)20-13/h3-4,7-8,13H,5-6H2,1-2H3,(H,17,18). The lowest BCUT2D eigenvalue weighted by Crippen LogP contribution is -2.49. The van der Waals surface area contributed by atoms with Crippen molar-refractivity contribution in [2.24, 2.45) is 5.92 Å². The number of carbonyl (C=O) groups excluding carboxylic acids is 1. The number of anilines is 1. The summed E-state index contributed by atoms with van der Waals surface area (Å²) in [5, 5.41) is 9.32. The van der Waals surface area contributed by atoms with Crippen LogP contribution in [-0.4, -0.2) is 29.6 Å².